The molecular formula is C24H28N2O4. The van der Waals surface area contributed by atoms with Gasteiger partial charge in [-0.3, -0.25) is 4.79 Å². The first kappa shape index (κ1) is 21.3. The topological polar surface area (TPSA) is 51.2 Å². The van der Waals surface area contributed by atoms with Crippen molar-refractivity contribution in [2.45, 2.75) is 0 Å². The quantitative estimate of drug-likeness (QED) is 0.493. The van der Waals surface area contributed by atoms with E-state index in [1.54, 1.807) is 32.4 Å². The molecule has 1 aliphatic heterocycles. The minimum atomic E-state index is 0.000581. The van der Waals surface area contributed by atoms with Gasteiger partial charge >= 0.3 is 0 Å². The molecule has 1 aliphatic rings. The van der Waals surface area contributed by atoms with Crippen molar-refractivity contribution < 1.29 is 19.0 Å². The van der Waals surface area contributed by atoms with Crippen LogP contribution in [0.2, 0.25) is 0 Å². The summed E-state index contributed by atoms with van der Waals surface area (Å²) >= 11 is 0. The van der Waals surface area contributed by atoms with E-state index in [4.69, 9.17) is 14.2 Å². The number of hydrogen-bond acceptors (Lipinski definition) is 5. The first-order valence-electron chi connectivity index (χ1n) is 9.93. The number of ether oxygens (including phenoxy) is 3. The number of anilines is 1. The number of hydrogen-bond donors (Lipinski definition) is 0. The van der Waals surface area contributed by atoms with Crippen molar-refractivity contribution >= 4 is 17.7 Å². The number of para-hydroxylation sites is 2. The Morgan fingerprint density at radius 1 is 1.00 bits per heavy atom. The number of amides is 1. The second-order valence-corrected chi connectivity index (χ2v) is 6.83. The predicted octanol–water partition coefficient (Wildman–Crippen LogP) is 3.63. The van der Waals surface area contributed by atoms with E-state index >= 15 is 0 Å². The van der Waals surface area contributed by atoms with Crippen molar-refractivity contribution in [1.29, 1.82) is 0 Å². The van der Waals surface area contributed by atoms with Crippen molar-refractivity contribution in [2.75, 3.05) is 51.9 Å². The molecule has 3 rings (SSSR count). The number of nitrogens with zero attached hydrogens (tertiary/aromatic N) is 2. The number of carbonyl (C=O) groups excluding carboxylic acids is 1. The maximum absolute atomic E-state index is 12.6. The van der Waals surface area contributed by atoms with Gasteiger partial charge in [0.15, 0.2) is 11.5 Å². The van der Waals surface area contributed by atoms with Gasteiger partial charge in [0, 0.05) is 32.3 Å². The van der Waals surface area contributed by atoms with Gasteiger partial charge in [-0.25, -0.2) is 0 Å². The Hall–Kier alpha value is -3.41. The minimum Gasteiger partial charge on any atom is -0.495 e. The lowest BCUT2D eigenvalue weighted by atomic mass is 10.1. The monoisotopic (exact) mass is 408 g/mol. The number of rotatable bonds is 8. The molecule has 0 aliphatic carbocycles. The molecular weight excluding hydrogens is 380 g/mol. The highest BCUT2D eigenvalue weighted by atomic mass is 16.5. The second kappa shape index (κ2) is 10.4. The fourth-order valence-electron chi connectivity index (χ4n) is 3.39. The Balaban J connectivity index is 1.59. The Bertz CT molecular complexity index is 902. The largest absolute Gasteiger partial charge is 0.495 e. The van der Waals surface area contributed by atoms with Crippen LogP contribution in [0.3, 0.4) is 0 Å². The van der Waals surface area contributed by atoms with Crippen LogP contribution in [0.1, 0.15) is 5.56 Å². The third-order valence-electron chi connectivity index (χ3n) is 4.98. The summed E-state index contributed by atoms with van der Waals surface area (Å²) in [6.45, 7) is 6.92. The second-order valence-electron chi connectivity index (χ2n) is 6.83. The van der Waals surface area contributed by atoms with Gasteiger partial charge in [0.25, 0.3) is 0 Å². The van der Waals surface area contributed by atoms with Crippen molar-refractivity contribution in [3.63, 3.8) is 0 Å². The number of benzene rings is 2. The molecule has 0 unspecified atom stereocenters. The summed E-state index contributed by atoms with van der Waals surface area (Å²) in [7, 11) is 3.27. The van der Waals surface area contributed by atoms with Crippen molar-refractivity contribution in [2.24, 2.45) is 0 Å². The maximum Gasteiger partial charge on any atom is 0.246 e. The molecule has 0 spiro atoms. The first-order chi connectivity index (χ1) is 14.7. The summed E-state index contributed by atoms with van der Waals surface area (Å²) in [4.78, 5) is 16.7. The zero-order valence-electron chi connectivity index (χ0n) is 17.5. The molecule has 1 amide bonds. The van der Waals surface area contributed by atoms with Gasteiger partial charge in [0.05, 0.1) is 19.9 Å². The van der Waals surface area contributed by atoms with Gasteiger partial charge in [0.2, 0.25) is 5.91 Å². The van der Waals surface area contributed by atoms with Crippen LogP contribution in [0.15, 0.2) is 61.2 Å². The Morgan fingerprint density at radius 3 is 2.43 bits per heavy atom. The minimum absolute atomic E-state index is 0.000581. The first-order valence-corrected chi connectivity index (χ1v) is 9.93. The Morgan fingerprint density at radius 2 is 1.73 bits per heavy atom. The molecule has 1 saturated heterocycles. The van der Waals surface area contributed by atoms with Crippen molar-refractivity contribution in [1.82, 2.24) is 4.90 Å². The van der Waals surface area contributed by atoms with Crippen molar-refractivity contribution in [3.05, 3.63) is 66.8 Å². The standard InChI is InChI=1S/C24H28N2O4/c1-4-17-30-22-11-9-19(18-23(22)29-3)10-12-24(27)26-15-13-25(14-16-26)20-7-5-6-8-21(20)28-2/h4-12,18H,1,13-17H2,2-3H3/b12-10+. The van der Waals surface area contributed by atoms with Crippen LogP contribution in [0.25, 0.3) is 6.08 Å². The molecule has 1 fully saturated rings. The highest BCUT2D eigenvalue weighted by molar-refractivity contribution is 5.92. The van der Waals surface area contributed by atoms with Crippen LogP contribution in [0, 0.1) is 0 Å². The lowest BCUT2D eigenvalue weighted by molar-refractivity contribution is -0.126. The maximum atomic E-state index is 12.6. The molecule has 0 N–H and O–H groups in total. The third-order valence-corrected chi connectivity index (χ3v) is 4.98. The van der Waals surface area contributed by atoms with E-state index < -0.39 is 0 Å². The summed E-state index contributed by atoms with van der Waals surface area (Å²) < 4.78 is 16.4. The number of methoxy groups -OCH3 is 2. The molecule has 30 heavy (non-hydrogen) atoms. The van der Waals surface area contributed by atoms with E-state index in [2.05, 4.69) is 11.5 Å². The van der Waals surface area contributed by atoms with Gasteiger partial charge in [-0.1, -0.05) is 30.9 Å². The third kappa shape index (κ3) is 5.14. The van der Waals surface area contributed by atoms with Crippen LogP contribution < -0.4 is 19.1 Å². The summed E-state index contributed by atoms with van der Waals surface area (Å²) in [6.07, 6.45) is 5.09. The number of carbonyl (C=O) groups is 1. The molecule has 0 saturated carbocycles. The molecule has 0 atom stereocenters. The Kier molecular flexibility index (Phi) is 7.38. The van der Waals surface area contributed by atoms with Gasteiger partial charge in [-0.2, -0.15) is 0 Å². The van der Waals surface area contributed by atoms with E-state index in [0.29, 0.717) is 31.2 Å². The summed E-state index contributed by atoms with van der Waals surface area (Å²) in [5, 5.41) is 0. The van der Waals surface area contributed by atoms with E-state index in [0.717, 1.165) is 30.1 Å². The average molecular weight is 408 g/mol. The Labute approximate surface area is 178 Å². The molecule has 6 heteroatoms. The SMILES string of the molecule is C=CCOc1ccc(/C=C/C(=O)N2CCN(c3ccccc3OC)CC2)cc1OC. The normalized spacial score (nSPS) is 13.9. The van der Waals surface area contributed by atoms with Gasteiger partial charge < -0.3 is 24.0 Å². The molecule has 2 aromatic rings. The average Bonchev–Trinajstić information content (AvgIpc) is 2.81. The lowest BCUT2D eigenvalue weighted by Crippen LogP contribution is -2.48. The van der Waals surface area contributed by atoms with Crippen LogP contribution in [-0.4, -0.2) is 57.8 Å². The summed E-state index contributed by atoms with van der Waals surface area (Å²) in [5.41, 5.74) is 1.94. The fraction of sp³-hybridized carbons (Fsp3) is 0.292. The molecule has 0 bridgehead atoms. The van der Waals surface area contributed by atoms with Gasteiger partial charge in [-0.05, 0) is 35.9 Å². The smallest absolute Gasteiger partial charge is 0.246 e. The van der Waals surface area contributed by atoms with E-state index in [1.165, 1.54) is 0 Å². The van der Waals surface area contributed by atoms with Crippen LogP contribution >= 0.6 is 0 Å². The highest BCUT2D eigenvalue weighted by Gasteiger charge is 2.21. The molecule has 6 nitrogen and oxygen atoms in total. The molecule has 0 radical (unpaired) electrons. The van der Waals surface area contributed by atoms with E-state index in [1.807, 2.05) is 47.4 Å². The summed E-state index contributed by atoms with van der Waals surface area (Å²) in [5.74, 6) is 2.12. The van der Waals surface area contributed by atoms with Crippen LogP contribution in [0.4, 0.5) is 5.69 Å². The summed E-state index contributed by atoms with van der Waals surface area (Å²) in [6, 6.07) is 13.5. The molecule has 2 aromatic carbocycles. The van der Waals surface area contributed by atoms with Crippen LogP contribution in [0.5, 0.6) is 17.2 Å². The van der Waals surface area contributed by atoms with E-state index in [9.17, 15) is 4.79 Å². The number of piperazine rings is 1. The molecule has 1 heterocycles. The molecule has 158 valence electrons. The van der Waals surface area contributed by atoms with Crippen molar-refractivity contribution in [3.8, 4) is 17.2 Å². The zero-order chi connectivity index (χ0) is 21.3. The fourth-order valence-corrected chi connectivity index (χ4v) is 3.39. The lowest BCUT2D eigenvalue weighted by Gasteiger charge is -2.36. The predicted molar refractivity (Wildman–Crippen MR) is 120 cm³/mol. The van der Waals surface area contributed by atoms with E-state index in [-0.39, 0.29) is 5.91 Å². The van der Waals surface area contributed by atoms with Crippen LogP contribution in [-0.2, 0) is 4.79 Å². The zero-order valence-corrected chi connectivity index (χ0v) is 17.5. The highest BCUT2D eigenvalue weighted by Crippen LogP contribution is 2.29. The van der Waals surface area contributed by atoms with Gasteiger partial charge in [0.1, 0.15) is 12.4 Å². The van der Waals surface area contributed by atoms with Gasteiger partial charge in [-0.15, -0.1) is 0 Å². The molecule has 0 aromatic heterocycles.